The first-order valence-electron chi connectivity index (χ1n) is 9.44. The van der Waals surface area contributed by atoms with Crippen LogP contribution in [0.15, 0.2) is 29.2 Å². The fraction of sp³-hybridized carbons (Fsp3) is 0.632. The first-order chi connectivity index (χ1) is 12.4. The Labute approximate surface area is 155 Å². The van der Waals surface area contributed by atoms with Crippen LogP contribution in [0.25, 0.3) is 0 Å². The van der Waals surface area contributed by atoms with Gasteiger partial charge in [0, 0.05) is 25.0 Å². The number of hydrogen-bond acceptors (Lipinski definition) is 3. The van der Waals surface area contributed by atoms with E-state index in [1.807, 2.05) is 0 Å². The molecule has 1 aromatic rings. The Kier molecular flexibility index (Phi) is 5.97. The van der Waals surface area contributed by atoms with E-state index >= 15 is 0 Å². The van der Waals surface area contributed by atoms with Crippen LogP contribution in [0, 0.1) is 17.7 Å². The van der Waals surface area contributed by atoms with E-state index in [2.05, 4.69) is 12.2 Å². The van der Waals surface area contributed by atoms with Crippen LogP contribution in [0.1, 0.15) is 45.4 Å². The van der Waals surface area contributed by atoms with Gasteiger partial charge in [-0.2, -0.15) is 4.31 Å². The summed E-state index contributed by atoms with van der Waals surface area (Å²) < 4.78 is 39.7. The van der Waals surface area contributed by atoms with Gasteiger partial charge in [0.05, 0.1) is 4.90 Å². The number of amides is 1. The number of carbonyl (C=O) groups excluding carboxylic acids is 1. The molecule has 2 aliphatic rings. The highest BCUT2D eigenvalue weighted by Gasteiger charge is 2.33. The van der Waals surface area contributed by atoms with E-state index in [0.29, 0.717) is 31.8 Å². The lowest BCUT2D eigenvalue weighted by Gasteiger charge is -2.34. The summed E-state index contributed by atoms with van der Waals surface area (Å²) in [4.78, 5) is 12.7. The van der Waals surface area contributed by atoms with Gasteiger partial charge in [0.2, 0.25) is 15.9 Å². The third-order valence-electron chi connectivity index (χ3n) is 5.72. The van der Waals surface area contributed by atoms with Gasteiger partial charge in [0.25, 0.3) is 0 Å². The number of nitrogens with one attached hydrogen (secondary N) is 1. The predicted molar refractivity (Wildman–Crippen MR) is 97.4 cm³/mol. The van der Waals surface area contributed by atoms with Crippen molar-refractivity contribution in [3.8, 4) is 0 Å². The summed E-state index contributed by atoms with van der Waals surface area (Å²) in [6.07, 6.45) is 5.61. The molecule has 2 atom stereocenters. The van der Waals surface area contributed by atoms with Gasteiger partial charge in [0.15, 0.2) is 0 Å². The quantitative estimate of drug-likeness (QED) is 0.871. The zero-order valence-corrected chi connectivity index (χ0v) is 16.0. The minimum Gasteiger partial charge on any atom is -0.353 e. The lowest BCUT2D eigenvalue weighted by Crippen LogP contribution is -2.47. The molecular formula is C19H27FN2O3S. The second-order valence-corrected chi connectivity index (χ2v) is 9.45. The molecular weight excluding hydrogens is 355 g/mol. The Hall–Kier alpha value is -1.47. The monoisotopic (exact) mass is 382 g/mol. The van der Waals surface area contributed by atoms with Crippen molar-refractivity contribution in [3.05, 3.63) is 30.1 Å². The Morgan fingerprint density at radius 3 is 2.31 bits per heavy atom. The molecule has 0 bridgehead atoms. The molecule has 3 rings (SSSR count). The molecule has 1 aromatic carbocycles. The zero-order chi connectivity index (χ0) is 18.7. The average Bonchev–Trinajstić information content (AvgIpc) is 2.64. The molecule has 144 valence electrons. The number of sulfonamides is 1. The van der Waals surface area contributed by atoms with Crippen molar-refractivity contribution in [2.75, 3.05) is 13.1 Å². The van der Waals surface area contributed by atoms with Gasteiger partial charge in [0.1, 0.15) is 5.82 Å². The molecule has 0 radical (unpaired) electrons. The SMILES string of the molecule is C[C@@H]1CCCC[C@H]1NC(=O)C1CCN(S(=O)(=O)c2ccc(F)cc2)CC1. The van der Waals surface area contributed by atoms with Crippen LogP contribution in [0.3, 0.4) is 0 Å². The molecule has 1 aliphatic carbocycles. The van der Waals surface area contributed by atoms with Crippen LogP contribution in [-0.4, -0.2) is 37.8 Å². The fourth-order valence-electron chi connectivity index (χ4n) is 3.95. The van der Waals surface area contributed by atoms with Crippen molar-refractivity contribution in [2.45, 2.75) is 56.4 Å². The third-order valence-corrected chi connectivity index (χ3v) is 7.63. The van der Waals surface area contributed by atoms with E-state index < -0.39 is 15.8 Å². The first kappa shape index (κ1) is 19.3. The number of halogens is 1. The molecule has 1 aliphatic heterocycles. The Balaban J connectivity index is 1.56. The average molecular weight is 383 g/mol. The summed E-state index contributed by atoms with van der Waals surface area (Å²) in [6.45, 7) is 2.82. The Morgan fingerprint density at radius 1 is 1.08 bits per heavy atom. The van der Waals surface area contributed by atoms with Gasteiger partial charge in [-0.15, -0.1) is 0 Å². The van der Waals surface area contributed by atoms with Crippen molar-refractivity contribution >= 4 is 15.9 Å². The first-order valence-corrected chi connectivity index (χ1v) is 10.9. The topological polar surface area (TPSA) is 66.5 Å². The standard InChI is InChI=1S/C19H27FN2O3S/c1-14-4-2-3-5-18(14)21-19(23)15-10-12-22(13-11-15)26(24,25)17-8-6-16(20)7-9-17/h6-9,14-15,18H,2-5,10-13H2,1H3,(H,21,23)/t14-,18-/m1/s1. The lowest BCUT2D eigenvalue weighted by molar-refractivity contribution is -0.127. The van der Waals surface area contributed by atoms with Crippen LogP contribution in [-0.2, 0) is 14.8 Å². The van der Waals surface area contributed by atoms with E-state index in [4.69, 9.17) is 0 Å². The van der Waals surface area contributed by atoms with Crippen molar-refractivity contribution < 1.29 is 17.6 Å². The molecule has 1 N–H and O–H groups in total. The normalized spacial score (nSPS) is 25.8. The van der Waals surface area contributed by atoms with Crippen LogP contribution in [0.4, 0.5) is 4.39 Å². The van der Waals surface area contributed by atoms with Crippen LogP contribution in [0.2, 0.25) is 0 Å². The number of hydrogen-bond donors (Lipinski definition) is 1. The zero-order valence-electron chi connectivity index (χ0n) is 15.2. The number of piperidine rings is 1. The van der Waals surface area contributed by atoms with Crippen LogP contribution in [0.5, 0.6) is 0 Å². The molecule has 0 unspecified atom stereocenters. The largest absolute Gasteiger partial charge is 0.353 e. The van der Waals surface area contributed by atoms with Crippen LogP contribution < -0.4 is 5.32 Å². The second kappa shape index (κ2) is 8.05. The molecule has 1 saturated heterocycles. The van der Waals surface area contributed by atoms with Crippen molar-refractivity contribution in [1.82, 2.24) is 9.62 Å². The molecule has 2 fully saturated rings. The van der Waals surface area contributed by atoms with Crippen LogP contribution >= 0.6 is 0 Å². The summed E-state index contributed by atoms with van der Waals surface area (Å²) >= 11 is 0. The molecule has 0 aromatic heterocycles. The van der Waals surface area contributed by atoms with Gasteiger partial charge in [-0.05, 0) is 55.9 Å². The molecule has 7 heteroatoms. The van der Waals surface area contributed by atoms with Gasteiger partial charge >= 0.3 is 0 Å². The van der Waals surface area contributed by atoms with Crippen molar-refractivity contribution in [2.24, 2.45) is 11.8 Å². The molecule has 26 heavy (non-hydrogen) atoms. The number of nitrogens with zero attached hydrogens (tertiary/aromatic N) is 1. The highest BCUT2D eigenvalue weighted by Crippen LogP contribution is 2.27. The maximum Gasteiger partial charge on any atom is 0.243 e. The molecule has 1 saturated carbocycles. The van der Waals surface area contributed by atoms with E-state index in [-0.39, 0.29) is 22.8 Å². The number of benzene rings is 1. The maximum absolute atomic E-state index is 13.0. The van der Waals surface area contributed by atoms with E-state index in [1.165, 1.54) is 22.9 Å². The van der Waals surface area contributed by atoms with Gasteiger partial charge < -0.3 is 5.32 Å². The van der Waals surface area contributed by atoms with E-state index in [1.54, 1.807) is 0 Å². The minimum absolute atomic E-state index is 0.0579. The highest BCUT2D eigenvalue weighted by atomic mass is 32.2. The van der Waals surface area contributed by atoms with Crippen molar-refractivity contribution in [1.29, 1.82) is 0 Å². The third kappa shape index (κ3) is 4.26. The molecule has 0 spiro atoms. The summed E-state index contributed by atoms with van der Waals surface area (Å²) in [6, 6.07) is 5.12. The van der Waals surface area contributed by atoms with E-state index in [0.717, 1.165) is 31.4 Å². The van der Waals surface area contributed by atoms with Crippen molar-refractivity contribution in [3.63, 3.8) is 0 Å². The predicted octanol–water partition coefficient (Wildman–Crippen LogP) is 2.92. The molecule has 1 heterocycles. The summed E-state index contributed by atoms with van der Waals surface area (Å²) in [7, 11) is -3.63. The number of carbonyl (C=O) groups is 1. The van der Waals surface area contributed by atoms with E-state index in [9.17, 15) is 17.6 Å². The van der Waals surface area contributed by atoms with Gasteiger partial charge in [-0.1, -0.05) is 19.8 Å². The summed E-state index contributed by atoms with van der Waals surface area (Å²) in [5.74, 6) is -0.0331. The smallest absolute Gasteiger partial charge is 0.243 e. The highest BCUT2D eigenvalue weighted by molar-refractivity contribution is 7.89. The summed E-state index contributed by atoms with van der Waals surface area (Å²) in [5, 5.41) is 3.18. The number of rotatable bonds is 4. The molecule has 5 nitrogen and oxygen atoms in total. The lowest BCUT2D eigenvalue weighted by atomic mass is 9.85. The Morgan fingerprint density at radius 2 is 1.69 bits per heavy atom. The minimum atomic E-state index is -3.63. The maximum atomic E-state index is 13.0. The van der Waals surface area contributed by atoms with Gasteiger partial charge in [-0.25, -0.2) is 12.8 Å². The molecule has 1 amide bonds. The second-order valence-electron chi connectivity index (χ2n) is 7.51. The Bertz CT molecular complexity index is 728. The van der Waals surface area contributed by atoms with Gasteiger partial charge in [-0.3, -0.25) is 4.79 Å². The summed E-state index contributed by atoms with van der Waals surface area (Å²) in [5.41, 5.74) is 0. The fourth-order valence-corrected chi connectivity index (χ4v) is 5.41.